The van der Waals surface area contributed by atoms with Crippen LogP contribution < -0.4 is 16.0 Å². The molecule has 6 nitrogen and oxygen atoms in total. The highest BCUT2D eigenvalue weighted by Gasteiger charge is 2.15. The average Bonchev–Trinajstić information content (AvgIpc) is 2.44. The maximum absolute atomic E-state index is 11.9. The summed E-state index contributed by atoms with van der Waals surface area (Å²) in [6.07, 6.45) is 0. The van der Waals surface area contributed by atoms with Crippen molar-refractivity contribution in [2.45, 2.75) is 13.8 Å². The van der Waals surface area contributed by atoms with Gasteiger partial charge < -0.3 is 20.9 Å². The molecule has 0 aliphatic heterocycles. The normalized spacial score (nSPS) is 10.1. The van der Waals surface area contributed by atoms with Gasteiger partial charge in [0.05, 0.1) is 17.9 Å². The van der Waals surface area contributed by atoms with Crippen LogP contribution in [0.25, 0.3) is 0 Å². The number of hydrogen-bond donors (Lipinski definition) is 2. The fourth-order valence-corrected chi connectivity index (χ4v) is 2.03. The highest BCUT2D eigenvalue weighted by molar-refractivity contribution is 5.96. The van der Waals surface area contributed by atoms with Crippen LogP contribution in [-0.4, -0.2) is 50.4 Å². The maximum atomic E-state index is 11.9. The summed E-state index contributed by atoms with van der Waals surface area (Å²) < 4.78 is 0. The minimum Gasteiger partial charge on any atom is -0.397 e. The molecule has 0 fully saturated rings. The number of carbonyl (C=O) groups is 2. The van der Waals surface area contributed by atoms with E-state index in [4.69, 9.17) is 5.73 Å². The third-order valence-electron chi connectivity index (χ3n) is 3.11. The first-order valence-electron chi connectivity index (χ1n) is 7.03. The standard InChI is InChI=1S/C15H24N4O2/c1-5-17-14(20)10-19(6-2)13-8-7-11(9-12(13)16)15(21)18(3)4/h7-9H,5-6,10,16H2,1-4H3,(H,17,20). The van der Waals surface area contributed by atoms with Crippen LogP contribution in [-0.2, 0) is 4.79 Å². The molecule has 0 aliphatic rings. The molecule has 0 saturated heterocycles. The lowest BCUT2D eigenvalue weighted by Gasteiger charge is -2.24. The van der Waals surface area contributed by atoms with Crippen LogP contribution in [0.2, 0.25) is 0 Å². The molecule has 0 bridgehead atoms. The lowest BCUT2D eigenvalue weighted by molar-refractivity contribution is -0.119. The van der Waals surface area contributed by atoms with Crippen molar-refractivity contribution in [1.82, 2.24) is 10.2 Å². The monoisotopic (exact) mass is 292 g/mol. The number of nitrogens with two attached hydrogens (primary N) is 1. The van der Waals surface area contributed by atoms with Crippen LogP contribution in [0.4, 0.5) is 11.4 Å². The molecule has 3 N–H and O–H groups in total. The zero-order valence-corrected chi connectivity index (χ0v) is 13.1. The number of anilines is 2. The van der Waals surface area contributed by atoms with Gasteiger partial charge in [-0.2, -0.15) is 0 Å². The Kier molecular flexibility index (Phi) is 6.02. The molecule has 0 atom stereocenters. The van der Waals surface area contributed by atoms with E-state index in [0.717, 1.165) is 5.69 Å². The van der Waals surface area contributed by atoms with Gasteiger partial charge in [-0.3, -0.25) is 9.59 Å². The molecule has 1 aromatic carbocycles. The number of benzene rings is 1. The van der Waals surface area contributed by atoms with Crippen LogP contribution in [0.5, 0.6) is 0 Å². The molecule has 2 amide bonds. The molecular formula is C15H24N4O2. The highest BCUT2D eigenvalue weighted by atomic mass is 16.2. The van der Waals surface area contributed by atoms with Gasteiger partial charge >= 0.3 is 0 Å². The Morgan fingerprint density at radius 2 is 1.90 bits per heavy atom. The van der Waals surface area contributed by atoms with Gasteiger partial charge in [0.25, 0.3) is 5.91 Å². The van der Waals surface area contributed by atoms with Gasteiger partial charge in [0, 0.05) is 32.7 Å². The number of rotatable bonds is 6. The second-order valence-electron chi connectivity index (χ2n) is 4.94. The number of likely N-dealkylation sites (N-methyl/N-ethyl adjacent to an activating group) is 2. The third kappa shape index (κ3) is 4.37. The quantitative estimate of drug-likeness (QED) is 0.765. The zero-order valence-electron chi connectivity index (χ0n) is 13.1. The van der Waals surface area contributed by atoms with Crippen LogP contribution in [0.1, 0.15) is 24.2 Å². The second kappa shape index (κ2) is 7.52. The molecule has 0 aliphatic carbocycles. The van der Waals surface area contributed by atoms with E-state index in [0.29, 0.717) is 24.3 Å². The minimum absolute atomic E-state index is 0.0489. The first kappa shape index (κ1) is 16.8. The van der Waals surface area contributed by atoms with Crippen LogP contribution in [0, 0.1) is 0 Å². The van der Waals surface area contributed by atoms with Crippen LogP contribution in [0.3, 0.4) is 0 Å². The predicted octanol–water partition coefficient (Wildman–Crippen LogP) is 0.933. The van der Waals surface area contributed by atoms with Gasteiger partial charge in [0.2, 0.25) is 5.91 Å². The number of amides is 2. The fourth-order valence-electron chi connectivity index (χ4n) is 2.03. The fraction of sp³-hybridized carbons (Fsp3) is 0.467. The number of nitrogen functional groups attached to an aromatic ring is 1. The Labute approximate surface area is 125 Å². The summed E-state index contributed by atoms with van der Waals surface area (Å²) in [6, 6.07) is 5.17. The summed E-state index contributed by atoms with van der Waals surface area (Å²) in [5, 5.41) is 2.76. The van der Waals surface area contributed by atoms with E-state index in [9.17, 15) is 9.59 Å². The van der Waals surface area contributed by atoms with E-state index in [1.165, 1.54) is 4.90 Å². The van der Waals surface area contributed by atoms with Gasteiger partial charge in [-0.1, -0.05) is 0 Å². The predicted molar refractivity (Wildman–Crippen MR) is 85.4 cm³/mol. The zero-order chi connectivity index (χ0) is 16.0. The molecule has 0 spiro atoms. The van der Waals surface area contributed by atoms with E-state index >= 15 is 0 Å². The molecule has 6 heteroatoms. The van der Waals surface area contributed by atoms with Gasteiger partial charge in [0.15, 0.2) is 0 Å². The molecule has 0 heterocycles. The van der Waals surface area contributed by atoms with Crippen molar-refractivity contribution in [2.24, 2.45) is 0 Å². The topological polar surface area (TPSA) is 78.7 Å². The van der Waals surface area contributed by atoms with E-state index < -0.39 is 0 Å². The lowest BCUT2D eigenvalue weighted by atomic mass is 10.1. The summed E-state index contributed by atoms with van der Waals surface area (Å²) >= 11 is 0. The molecule has 21 heavy (non-hydrogen) atoms. The molecule has 0 radical (unpaired) electrons. The third-order valence-corrected chi connectivity index (χ3v) is 3.11. The molecule has 0 aromatic heterocycles. The molecular weight excluding hydrogens is 268 g/mol. The van der Waals surface area contributed by atoms with Crippen molar-refractivity contribution in [1.29, 1.82) is 0 Å². The Bertz CT molecular complexity index is 514. The van der Waals surface area contributed by atoms with E-state index in [-0.39, 0.29) is 18.4 Å². The van der Waals surface area contributed by atoms with Crippen molar-refractivity contribution in [3.8, 4) is 0 Å². The van der Waals surface area contributed by atoms with Crippen molar-refractivity contribution in [2.75, 3.05) is 44.4 Å². The average molecular weight is 292 g/mol. The first-order chi connectivity index (χ1) is 9.90. The van der Waals surface area contributed by atoms with Crippen molar-refractivity contribution >= 4 is 23.2 Å². The number of nitrogens with zero attached hydrogens (tertiary/aromatic N) is 2. The number of hydrogen-bond acceptors (Lipinski definition) is 4. The Morgan fingerprint density at radius 3 is 2.38 bits per heavy atom. The van der Waals surface area contributed by atoms with Crippen LogP contribution in [0.15, 0.2) is 18.2 Å². The molecule has 1 aromatic rings. The Balaban J connectivity index is 2.96. The van der Waals surface area contributed by atoms with Crippen LogP contribution >= 0.6 is 0 Å². The van der Waals surface area contributed by atoms with Gasteiger partial charge in [-0.15, -0.1) is 0 Å². The molecule has 0 saturated carbocycles. The summed E-state index contributed by atoms with van der Waals surface area (Å²) in [6.45, 7) is 5.34. The molecule has 0 unspecified atom stereocenters. The number of nitrogens with one attached hydrogen (secondary N) is 1. The summed E-state index contributed by atoms with van der Waals surface area (Å²) in [7, 11) is 3.39. The van der Waals surface area contributed by atoms with Crippen molar-refractivity contribution in [3.05, 3.63) is 23.8 Å². The highest BCUT2D eigenvalue weighted by Crippen LogP contribution is 2.24. The number of carbonyl (C=O) groups excluding carboxylic acids is 2. The van der Waals surface area contributed by atoms with E-state index in [1.54, 1.807) is 32.3 Å². The van der Waals surface area contributed by atoms with Crippen molar-refractivity contribution in [3.63, 3.8) is 0 Å². The lowest BCUT2D eigenvalue weighted by Crippen LogP contribution is -2.37. The van der Waals surface area contributed by atoms with Gasteiger partial charge in [0.1, 0.15) is 0 Å². The van der Waals surface area contributed by atoms with Gasteiger partial charge in [-0.25, -0.2) is 0 Å². The molecule has 1 rings (SSSR count). The summed E-state index contributed by atoms with van der Waals surface area (Å²) in [4.78, 5) is 27.0. The molecule has 116 valence electrons. The Hall–Kier alpha value is -2.24. The Morgan fingerprint density at radius 1 is 1.24 bits per heavy atom. The SMILES string of the molecule is CCNC(=O)CN(CC)c1ccc(C(=O)N(C)C)cc1N. The summed E-state index contributed by atoms with van der Waals surface area (Å²) in [5.41, 5.74) is 7.84. The maximum Gasteiger partial charge on any atom is 0.253 e. The van der Waals surface area contributed by atoms with E-state index in [2.05, 4.69) is 5.32 Å². The largest absolute Gasteiger partial charge is 0.397 e. The smallest absolute Gasteiger partial charge is 0.253 e. The minimum atomic E-state index is -0.0972. The van der Waals surface area contributed by atoms with Crippen molar-refractivity contribution < 1.29 is 9.59 Å². The van der Waals surface area contributed by atoms with Gasteiger partial charge in [-0.05, 0) is 32.0 Å². The van der Waals surface area contributed by atoms with E-state index in [1.807, 2.05) is 18.7 Å². The first-order valence-corrected chi connectivity index (χ1v) is 7.03. The summed E-state index contributed by atoms with van der Waals surface area (Å²) in [5.74, 6) is -0.146. The second-order valence-corrected chi connectivity index (χ2v) is 4.94.